The van der Waals surface area contributed by atoms with E-state index in [9.17, 15) is 56.2 Å². The van der Waals surface area contributed by atoms with E-state index in [2.05, 4.69) is 0 Å². The SMILES string of the molecule is OC[C@H]1O[C@@H](O[C@@H]2[C@@H](O)[C@H](OC[C@H]3OC(O)[C@H](O)[C@@H](O)[C@@H]3O)O[C@H](CO)[C@H]2O)[C@H](O)[C@@H](O)[C@@H]1O. The molecule has 0 radical (unpaired) electrons. The molecule has 0 aromatic carbocycles. The van der Waals surface area contributed by atoms with Crippen molar-refractivity contribution in [3.63, 3.8) is 0 Å². The van der Waals surface area contributed by atoms with Gasteiger partial charge in [0.1, 0.15) is 73.2 Å². The van der Waals surface area contributed by atoms with E-state index in [-0.39, 0.29) is 0 Å². The Morgan fingerprint density at radius 2 is 1.03 bits per heavy atom. The quantitative estimate of drug-likeness (QED) is 0.154. The molecule has 0 aromatic heterocycles. The molecule has 3 heterocycles. The minimum Gasteiger partial charge on any atom is -0.394 e. The van der Waals surface area contributed by atoms with Gasteiger partial charge in [-0.25, -0.2) is 0 Å². The van der Waals surface area contributed by atoms with Crippen molar-refractivity contribution in [1.29, 1.82) is 0 Å². The van der Waals surface area contributed by atoms with Gasteiger partial charge in [-0.3, -0.25) is 0 Å². The zero-order valence-electron chi connectivity index (χ0n) is 17.7. The van der Waals surface area contributed by atoms with Gasteiger partial charge in [0.2, 0.25) is 0 Å². The van der Waals surface area contributed by atoms with Crippen molar-refractivity contribution >= 4 is 0 Å². The van der Waals surface area contributed by atoms with Crippen LogP contribution in [-0.4, -0.2) is 168 Å². The highest BCUT2D eigenvalue weighted by Crippen LogP contribution is 2.30. The van der Waals surface area contributed by atoms with Crippen molar-refractivity contribution < 1.29 is 79.9 Å². The van der Waals surface area contributed by atoms with Crippen LogP contribution in [0.15, 0.2) is 0 Å². The van der Waals surface area contributed by atoms with E-state index in [0.29, 0.717) is 0 Å². The van der Waals surface area contributed by atoms with E-state index in [4.69, 9.17) is 23.7 Å². The van der Waals surface area contributed by atoms with Crippen LogP contribution in [-0.2, 0) is 23.7 Å². The summed E-state index contributed by atoms with van der Waals surface area (Å²) in [5, 5.41) is 109. The number of ether oxygens (including phenoxy) is 5. The second kappa shape index (κ2) is 11.6. The van der Waals surface area contributed by atoms with Crippen molar-refractivity contribution in [2.75, 3.05) is 19.8 Å². The molecule has 3 aliphatic rings. The maximum atomic E-state index is 10.7. The maximum Gasteiger partial charge on any atom is 0.187 e. The lowest BCUT2D eigenvalue weighted by Crippen LogP contribution is -2.65. The largest absolute Gasteiger partial charge is 0.394 e. The van der Waals surface area contributed by atoms with Crippen molar-refractivity contribution in [2.45, 2.75) is 92.1 Å². The van der Waals surface area contributed by atoms with Gasteiger partial charge in [0.15, 0.2) is 18.9 Å². The Hall–Kier alpha value is -0.640. The summed E-state index contributed by atoms with van der Waals surface area (Å²) in [5.74, 6) is 0. The first kappa shape index (κ1) is 27.9. The summed E-state index contributed by atoms with van der Waals surface area (Å²) in [6, 6.07) is 0. The van der Waals surface area contributed by atoms with Gasteiger partial charge in [0.25, 0.3) is 0 Å². The predicted octanol–water partition coefficient (Wildman–Crippen LogP) is -7.57. The molecule has 0 spiro atoms. The highest BCUT2D eigenvalue weighted by Gasteiger charge is 2.51. The molecular weight excluding hydrogens is 472 g/mol. The molecule has 34 heavy (non-hydrogen) atoms. The third kappa shape index (κ3) is 5.52. The molecule has 200 valence electrons. The lowest BCUT2D eigenvalue weighted by Gasteiger charge is -2.46. The highest BCUT2D eigenvalue weighted by molar-refractivity contribution is 4.94. The Balaban J connectivity index is 1.68. The molecule has 3 rings (SSSR count). The van der Waals surface area contributed by atoms with Gasteiger partial charge in [-0.15, -0.1) is 0 Å². The molecule has 3 aliphatic heterocycles. The zero-order valence-corrected chi connectivity index (χ0v) is 17.7. The summed E-state index contributed by atoms with van der Waals surface area (Å²) in [4.78, 5) is 0. The molecule has 0 aromatic rings. The van der Waals surface area contributed by atoms with E-state index in [1.54, 1.807) is 0 Å². The van der Waals surface area contributed by atoms with Gasteiger partial charge in [-0.05, 0) is 0 Å². The summed E-state index contributed by atoms with van der Waals surface area (Å²) in [5.41, 5.74) is 0. The van der Waals surface area contributed by atoms with Crippen molar-refractivity contribution in [2.24, 2.45) is 0 Å². The van der Waals surface area contributed by atoms with Crippen molar-refractivity contribution in [3.05, 3.63) is 0 Å². The lowest BCUT2D eigenvalue weighted by molar-refractivity contribution is -0.364. The number of rotatable bonds is 7. The standard InChI is InChI=1S/C18H32O16/c19-1-4-7(21)11(25)13(27)18(33-4)34-15-9(23)5(2-20)32-17(14(15)28)30-3-6-8(22)10(24)12(26)16(29)31-6/h4-29H,1-3H2/t4-,5-,6-,7-,8-,9-,10+,11+,12-,13-,14-,15+,16?,17-,18+/m1/s1. The van der Waals surface area contributed by atoms with Crippen LogP contribution in [0.3, 0.4) is 0 Å². The van der Waals surface area contributed by atoms with Crippen molar-refractivity contribution in [3.8, 4) is 0 Å². The minimum atomic E-state index is -1.84. The summed E-state index contributed by atoms with van der Waals surface area (Å²) in [6.45, 7) is -2.11. The van der Waals surface area contributed by atoms with Crippen molar-refractivity contribution in [1.82, 2.24) is 0 Å². The smallest absolute Gasteiger partial charge is 0.187 e. The van der Waals surface area contributed by atoms with Gasteiger partial charge in [-0.1, -0.05) is 0 Å². The van der Waals surface area contributed by atoms with Gasteiger partial charge in [0.05, 0.1) is 19.8 Å². The second-order valence-electron chi connectivity index (χ2n) is 8.37. The number of hydrogen-bond acceptors (Lipinski definition) is 16. The number of aliphatic hydroxyl groups is 11. The summed E-state index contributed by atoms with van der Waals surface area (Å²) < 4.78 is 26.2. The van der Waals surface area contributed by atoms with E-state index in [0.717, 1.165) is 0 Å². The number of aliphatic hydroxyl groups excluding tert-OH is 11. The van der Waals surface area contributed by atoms with Crippen LogP contribution in [0.25, 0.3) is 0 Å². The fraction of sp³-hybridized carbons (Fsp3) is 1.00. The fourth-order valence-electron chi connectivity index (χ4n) is 3.94. The Labute approximate surface area is 192 Å². The molecule has 16 nitrogen and oxygen atoms in total. The molecule has 1 unspecified atom stereocenters. The lowest BCUT2D eigenvalue weighted by atomic mass is 9.97. The van der Waals surface area contributed by atoms with Crippen LogP contribution in [0.2, 0.25) is 0 Å². The third-order valence-electron chi connectivity index (χ3n) is 6.07. The first-order chi connectivity index (χ1) is 16.0. The minimum absolute atomic E-state index is 0.593. The highest BCUT2D eigenvalue weighted by atomic mass is 16.7. The Morgan fingerprint density at radius 3 is 1.65 bits per heavy atom. The third-order valence-corrected chi connectivity index (χ3v) is 6.07. The summed E-state index contributed by atoms with van der Waals surface area (Å²) >= 11 is 0. The molecule has 0 amide bonds. The summed E-state index contributed by atoms with van der Waals surface area (Å²) in [7, 11) is 0. The molecule has 0 bridgehead atoms. The van der Waals surface area contributed by atoms with Gasteiger partial charge < -0.3 is 79.9 Å². The Morgan fingerprint density at radius 1 is 0.500 bits per heavy atom. The van der Waals surface area contributed by atoms with E-state index < -0.39 is 112 Å². The Bertz CT molecular complexity index is 639. The molecule has 3 fully saturated rings. The first-order valence-electron chi connectivity index (χ1n) is 10.6. The van der Waals surface area contributed by atoms with Crippen LogP contribution in [0.5, 0.6) is 0 Å². The van der Waals surface area contributed by atoms with E-state index >= 15 is 0 Å². The number of hydrogen-bond donors (Lipinski definition) is 11. The predicted molar refractivity (Wildman–Crippen MR) is 101 cm³/mol. The van der Waals surface area contributed by atoms with Gasteiger partial charge in [-0.2, -0.15) is 0 Å². The van der Waals surface area contributed by atoms with E-state index in [1.807, 2.05) is 0 Å². The normalized spacial score (nSPS) is 52.5. The van der Waals surface area contributed by atoms with Gasteiger partial charge in [0, 0.05) is 0 Å². The van der Waals surface area contributed by atoms with Crippen LogP contribution < -0.4 is 0 Å². The second-order valence-corrected chi connectivity index (χ2v) is 8.37. The zero-order chi connectivity index (χ0) is 25.3. The molecule has 16 heteroatoms. The average molecular weight is 504 g/mol. The summed E-state index contributed by atoms with van der Waals surface area (Å²) in [6.07, 6.45) is -24.9. The van der Waals surface area contributed by atoms with Crippen LogP contribution in [0.4, 0.5) is 0 Å². The molecule has 3 saturated heterocycles. The maximum absolute atomic E-state index is 10.7. The van der Waals surface area contributed by atoms with Crippen LogP contribution in [0.1, 0.15) is 0 Å². The van der Waals surface area contributed by atoms with E-state index in [1.165, 1.54) is 0 Å². The van der Waals surface area contributed by atoms with Crippen LogP contribution >= 0.6 is 0 Å². The molecule has 0 saturated carbocycles. The average Bonchev–Trinajstić information content (AvgIpc) is 2.82. The first-order valence-corrected chi connectivity index (χ1v) is 10.6. The fourth-order valence-corrected chi connectivity index (χ4v) is 3.94. The molecular formula is C18H32O16. The van der Waals surface area contributed by atoms with Gasteiger partial charge >= 0.3 is 0 Å². The monoisotopic (exact) mass is 504 g/mol. The van der Waals surface area contributed by atoms with Crippen LogP contribution in [0, 0.1) is 0 Å². The Kier molecular flexibility index (Phi) is 9.54. The molecule has 11 N–H and O–H groups in total. The molecule has 0 aliphatic carbocycles. The molecule has 15 atom stereocenters. The topological polar surface area (TPSA) is 269 Å².